The Labute approximate surface area is 172 Å². The van der Waals surface area contributed by atoms with Crippen molar-refractivity contribution in [1.82, 2.24) is 10.2 Å². The van der Waals surface area contributed by atoms with E-state index in [0.29, 0.717) is 11.8 Å². The van der Waals surface area contributed by atoms with Crippen LogP contribution in [0.25, 0.3) is 0 Å². The summed E-state index contributed by atoms with van der Waals surface area (Å²) in [6.45, 7) is 8.09. The number of aliphatic hydroxyl groups is 2. The second-order valence-corrected chi connectivity index (χ2v) is 9.26. The maximum absolute atomic E-state index is 10.5. The van der Waals surface area contributed by atoms with Crippen molar-refractivity contribution in [2.24, 2.45) is 17.8 Å². The van der Waals surface area contributed by atoms with E-state index < -0.39 is 0 Å². The SMILES string of the molecule is CCCCC[C@H](O)/C=C/[C@@H]1[C@H]2CC(CNCCCN3CCCC3)=C[C@H]2C[C@H]1O. The summed E-state index contributed by atoms with van der Waals surface area (Å²) in [5.74, 6) is 1.24. The fraction of sp³-hybridized carbons (Fsp3) is 0.833. The Hall–Kier alpha value is -0.680. The lowest BCUT2D eigenvalue weighted by Crippen LogP contribution is -2.26. The van der Waals surface area contributed by atoms with Gasteiger partial charge in [0, 0.05) is 12.5 Å². The van der Waals surface area contributed by atoms with Crippen LogP contribution < -0.4 is 5.32 Å². The van der Waals surface area contributed by atoms with Crippen molar-refractivity contribution in [3.8, 4) is 0 Å². The number of hydrogen-bond donors (Lipinski definition) is 3. The number of nitrogens with zero attached hydrogens (tertiary/aromatic N) is 1. The van der Waals surface area contributed by atoms with Gasteiger partial charge in [-0.25, -0.2) is 0 Å². The molecule has 4 nitrogen and oxygen atoms in total. The number of rotatable bonds is 12. The van der Waals surface area contributed by atoms with E-state index in [-0.39, 0.29) is 18.1 Å². The minimum absolute atomic E-state index is 0.203. The molecule has 0 aromatic carbocycles. The monoisotopic (exact) mass is 390 g/mol. The van der Waals surface area contributed by atoms with Gasteiger partial charge in [-0.15, -0.1) is 0 Å². The van der Waals surface area contributed by atoms with Crippen molar-refractivity contribution < 1.29 is 10.2 Å². The first kappa shape index (κ1) is 22.0. The molecule has 0 amide bonds. The maximum Gasteiger partial charge on any atom is 0.0721 e. The highest BCUT2D eigenvalue weighted by Gasteiger charge is 2.43. The molecule has 1 saturated carbocycles. The molecule has 3 N–H and O–H groups in total. The van der Waals surface area contributed by atoms with Crippen LogP contribution in [-0.2, 0) is 0 Å². The van der Waals surface area contributed by atoms with E-state index in [0.717, 1.165) is 38.8 Å². The standard InChI is InChI=1S/C24H42N2O2/c1-2-3-4-8-21(27)9-10-22-23-16-19(15-20(23)17-24(22)28)18-25-11-7-14-26-12-5-6-13-26/h9-10,15,20-25,27-28H,2-8,11-14,16-18H2,1H3/b10-9+/t20-,21-,22+,23-,24+/m0/s1. The number of allylic oxidation sites excluding steroid dienone is 1. The van der Waals surface area contributed by atoms with Gasteiger partial charge in [-0.05, 0) is 76.5 Å². The number of unbranched alkanes of at least 4 members (excludes halogenated alkanes) is 2. The lowest BCUT2D eigenvalue weighted by molar-refractivity contribution is 0.139. The molecular weight excluding hydrogens is 348 g/mol. The Bertz CT molecular complexity index is 513. The molecule has 3 rings (SSSR count). The van der Waals surface area contributed by atoms with E-state index >= 15 is 0 Å². The van der Waals surface area contributed by atoms with Crippen molar-refractivity contribution in [3.63, 3.8) is 0 Å². The Kier molecular flexibility index (Phi) is 9.04. The van der Waals surface area contributed by atoms with E-state index in [1.165, 1.54) is 57.3 Å². The number of hydrogen-bond acceptors (Lipinski definition) is 4. The van der Waals surface area contributed by atoms with E-state index in [1.807, 2.05) is 6.08 Å². The molecule has 28 heavy (non-hydrogen) atoms. The third-order valence-electron chi connectivity index (χ3n) is 6.99. The van der Waals surface area contributed by atoms with Crippen LogP contribution in [0.15, 0.2) is 23.8 Å². The molecule has 1 aliphatic heterocycles. The first-order chi connectivity index (χ1) is 13.7. The zero-order valence-corrected chi connectivity index (χ0v) is 17.9. The highest BCUT2D eigenvalue weighted by molar-refractivity contribution is 5.21. The minimum Gasteiger partial charge on any atom is -0.392 e. The average molecular weight is 391 g/mol. The zero-order valence-electron chi connectivity index (χ0n) is 17.9. The number of aliphatic hydroxyl groups excluding tert-OH is 2. The van der Waals surface area contributed by atoms with Crippen LogP contribution in [0.5, 0.6) is 0 Å². The van der Waals surface area contributed by atoms with Crippen LogP contribution >= 0.6 is 0 Å². The normalized spacial score (nSPS) is 31.6. The summed E-state index contributed by atoms with van der Waals surface area (Å²) < 4.78 is 0. The molecule has 0 bridgehead atoms. The van der Waals surface area contributed by atoms with Gasteiger partial charge in [0.15, 0.2) is 0 Å². The lowest BCUT2D eigenvalue weighted by atomic mass is 9.89. The van der Waals surface area contributed by atoms with Gasteiger partial charge in [-0.3, -0.25) is 0 Å². The van der Waals surface area contributed by atoms with Gasteiger partial charge in [0.25, 0.3) is 0 Å². The minimum atomic E-state index is -0.357. The van der Waals surface area contributed by atoms with Gasteiger partial charge in [0.1, 0.15) is 0 Å². The summed E-state index contributed by atoms with van der Waals surface area (Å²) >= 11 is 0. The molecule has 5 atom stereocenters. The van der Waals surface area contributed by atoms with Crippen molar-refractivity contribution in [2.45, 2.75) is 76.9 Å². The number of likely N-dealkylation sites (tertiary alicyclic amines) is 1. The quantitative estimate of drug-likeness (QED) is 0.353. The van der Waals surface area contributed by atoms with Crippen LogP contribution in [0.3, 0.4) is 0 Å². The lowest BCUT2D eigenvalue weighted by Gasteiger charge is -2.19. The Morgan fingerprint density at radius 3 is 2.86 bits per heavy atom. The first-order valence-electron chi connectivity index (χ1n) is 11.8. The summed E-state index contributed by atoms with van der Waals surface area (Å²) in [6.07, 6.45) is 16.1. The molecule has 0 aromatic heterocycles. The van der Waals surface area contributed by atoms with Crippen molar-refractivity contribution in [1.29, 1.82) is 0 Å². The number of fused-ring (bicyclic) bond motifs is 1. The molecule has 0 unspecified atom stereocenters. The van der Waals surface area contributed by atoms with E-state index in [1.54, 1.807) is 0 Å². The third-order valence-corrected chi connectivity index (χ3v) is 6.99. The summed E-state index contributed by atoms with van der Waals surface area (Å²) in [5.41, 5.74) is 1.52. The van der Waals surface area contributed by atoms with Crippen LogP contribution in [-0.4, -0.2) is 60.0 Å². The predicted molar refractivity (Wildman–Crippen MR) is 116 cm³/mol. The molecule has 0 aromatic rings. The van der Waals surface area contributed by atoms with Crippen LogP contribution in [0.1, 0.15) is 64.7 Å². The largest absolute Gasteiger partial charge is 0.392 e. The van der Waals surface area contributed by atoms with Crippen molar-refractivity contribution in [2.75, 3.05) is 32.7 Å². The number of nitrogens with one attached hydrogen (secondary N) is 1. The van der Waals surface area contributed by atoms with E-state index in [2.05, 4.69) is 29.3 Å². The molecular formula is C24H42N2O2. The molecule has 3 aliphatic rings. The Morgan fingerprint density at radius 2 is 2.07 bits per heavy atom. The van der Waals surface area contributed by atoms with Gasteiger partial charge in [0.05, 0.1) is 12.2 Å². The first-order valence-corrected chi connectivity index (χ1v) is 11.8. The van der Waals surface area contributed by atoms with Crippen LogP contribution in [0.2, 0.25) is 0 Å². The third kappa shape index (κ3) is 6.41. The van der Waals surface area contributed by atoms with Gasteiger partial charge < -0.3 is 20.4 Å². The van der Waals surface area contributed by atoms with E-state index in [4.69, 9.17) is 0 Å². The molecule has 4 heteroatoms. The smallest absolute Gasteiger partial charge is 0.0721 e. The average Bonchev–Trinajstić information content (AvgIpc) is 3.37. The van der Waals surface area contributed by atoms with E-state index in [9.17, 15) is 10.2 Å². The molecule has 2 aliphatic carbocycles. The molecule has 2 fully saturated rings. The van der Waals surface area contributed by atoms with Gasteiger partial charge >= 0.3 is 0 Å². The molecule has 1 saturated heterocycles. The Morgan fingerprint density at radius 1 is 1.25 bits per heavy atom. The topological polar surface area (TPSA) is 55.7 Å². The summed E-state index contributed by atoms with van der Waals surface area (Å²) in [6, 6.07) is 0. The predicted octanol–water partition coefficient (Wildman–Crippen LogP) is 3.50. The highest BCUT2D eigenvalue weighted by atomic mass is 16.3. The molecule has 0 radical (unpaired) electrons. The second-order valence-electron chi connectivity index (χ2n) is 9.26. The fourth-order valence-corrected chi connectivity index (χ4v) is 5.38. The summed E-state index contributed by atoms with van der Waals surface area (Å²) in [4.78, 5) is 2.58. The summed E-state index contributed by atoms with van der Waals surface area (Å²) in [5, 5.41) is 24.3. The Balaban J connectivity index is 1.36. The highest BCUT2D eigenvalue weighted by Crippen LogP contribution is 2.47. The molecule has 0 spiro atoms. The van der Waals surface area contributed by atoms with Crippen molar-refractivity contribution >= 4 is 0 Å². The summed E-state index contributed by atoms with van der Waals surface area (Å²) in [7, 11) is 0. The van der Waals surface area contributed by atoms with Crippen molar-refractivity contribution in [3.05, 3.63) is 23.8 Å². The van der Waals surface area contributed by atoms with Gasteiger partial charge in [0.2, 0.25) is 0 Å². The maximum atomic E-state index is 10.5. The zero-order chi connectivity index (χ0) is 19.8. The van der Waals surface area contributed by atoms with Gasteiger partial charge in [-0.1, -0.05) is 50.0 Å². The van der Waals surface area contributed by atoms with Gasteiger partial charge in [-0.2, -0.15) is 0 Å². The van der Waals surface area contributed by atoms with Crippen LogP contribution in [0, 0.1) is 17.8 Å². The molecule has 1 heterocycles. The fourth-order valence-electron chi connectivity index (χ4n) is 5.38. The second kappa shape index (κ2) is 11.5. The van der Waals surface area contributed by atoms with Crippen LogP contribution in [0.4, 0.5) is 0 Å². The molecule has 160 valence electrons.